The Bertz CT molecular complexity index is 486. The second kappa shape index (κ2) is 7.25. The summed E-state index contributed by atoms with van der Waals surface area (Å²) in [6, 6.07) is 7.18. The van der Waals surface area contributed by atoms with Crippen LogP contribution in [0, 0.1) is 5.92 Å². The van der Waals surface area contributed by atoms with Gasteiger partial charge in [0.15, 0.2) is 0 Å². The van der Waals surface area contributed by atoms with E-state index in [1.807, 2.05) is 26.0 Å². The molecule has 0 unspecified atom stereocenters. The minimum absolute atomic E-state index is 0.0358. The molecule has 0 aliphatic heterocycles. The number of rotatable bonds is 5. The largest absolute Gasteiger partial charge is 0.339 e. The minimum atomic E-state index is 0.0358. The van der Waals surface area contributed by atoms with Crippen molar-refractivity contribution in [2.24, 2.45) is 5.92 Å². The molecule has 1 saturated carbocycles. The highest BCUT2D eigenvalue weighted by Gasteiger charge is 2.22. The molecule has 0 radical (unpaired) electrons. The summed E-state index contributed by atoms with van der Waals surface area (Å²) in [6.07, 6.45) is 4.28. The van der Waals surface area contributed by atoms with Gasteiger partial charge in [-0.05, 0) is 51.0 Å². The number of carbonyl (C=O) groups excluding carboxylic acids is 2. The van der Waals surface area contributed by atoms with Gasteiger partial charge in [0.2, 0.25) is 5.91 Å². The number of anilines is 1. The standard InChI is InChI=1S/C17H24N2O2/c1-3-19(4-2)17(21)14-9-11-15(12-10-14)18-16(20)13-7-5-6-8-13/h9-13H,3-8H2,1-2H3,(H,18,20). The van der Waals surface area contributed by atoms with Crippen LogP contribution in [0.3, 0.4) is 0 Å². The van der Waals surface area contributed by atoms with Gasteiger partial charge in [0, 0.05) is 30.3 Å². The van der Waals surface area contributed by atoms with Gasteiger partial charge in [-0.25, -0.2) is 0 Å². The van der Waals surface area contributed by atoms with Crippen LogP contribution in [0.5, 0.6) is 0 Å². The molecule has 1 fully saturated rings. The van der Waals surface area contributed by atoms with Crippen LogP contribution in [-0.2, 0) is 4.79 Å². The molecule has 1 aliphatic rings. The summed E-state index contributed by atoms with van der Waals surface area (Å²) < 4.78 is 0. The van der Waals surface area contributed by atoms with E-state index in [-0.39, 0.29) is 17.7 Å². The van der Waals surface area contributed by atoms with Gasteiger partial charge in [-0.3, -0.25) is 9.59 Å². The lowest BCUT2D eigenvalue weighted by Gasteiger charge is -2.18. The highest BCUT2D eigenvalue weighted by atomic mass is 16.2. The van der Waals surface area contributed by atoms with Crippen LogP contribution in [0.15, 0.2) is 24.3 Å². The highest BCUT2D eigenvalue weighted by Crippen LogP contribution is 2.26. The summed E-state index contributed by atoms with van der Waals surface area (Å²) in [5.74, 6) is 0.297. The second-order valence-corrected chi connectivity index (χ2v) is 5.53. The Morgan fingerprint density at radius 2 is 1.67 bits per heavy atom. The number of carbonyl (C=O) groups is 2. The Hall–Kier alpha value is -1.84. The van der Waals surface area contributed by atoms with Gasteiger partial charge in [0.05, 0.1) is 0 Å². The summed E-state index contributed by atoms with van der Waals surface area (Å²) in [7, 11) is 0. The molecule has 2 rings (SSSR count). The van der Waals surface area contributed by atoms with E-state index in [2.05, 4.69) is 5.32 Å². The molecule has 1 aromatic rings. The first-order chi connectivity index (χ1) is 10.2. The molecule has 1 aromatic carbocycles. The Labute approximate surface area is 126 Å². The van der Waals surface area contributed by atoms with E-state index in [9.17, 15) is 9.59 Å². The van der Waals surface area contributed by atoms with Crippen molar-refractivity contribution in [2.75, 3.05) is 18.4 Å². The molecule has 4 nitrogen and oxygen atoms in total. The molecule has 2 amide bonds. The van der Waals surface area contributed by atoms with Crippen molar-refractivity contribution in [3.05, 3.63) is 29.8 Å². The van der Waals surface area contributed by atoms with Gasteiger partial charge in [-0.15, -0.1) is 0 Å². The van der Waals surface area contributed by atoms with E-state index in [0.717, 1.165) is 31.4 Å². The maximum Gasteiger partial charge on any atom is 0.253 e. The Morgan fingerprint density at radius 3 is 2.19 bits per heavy atom. The molecule has 21 heavy (non-hydrogen) atoms. The normalized spacial score (nSPS) is 15.0. The van der Waals surface area contributed by atoms with Gasteiger partial charge < -0.3 is 10.2 Å². The Morgan fingerprint density at radius 1 is 1.10 bits per heavy atom. The van der Waals surface area contributed by atoms with E-state index in [0.29, 0.717) is 18.7 Å². The summed E-state index contributed by atoms with van der Waals surface area (Å²) >= 11 is 0. The zero-order valence-electron chi connectivity index (χ0n) is 12.9. The lowest BCUT2D eigenvalue weighted by molar-refractivity contribution is -0.119. The zero-order valence-corrected chi connectivity index (χ0v) is 12.9. The smallest absolute Gasteiger partial charge is 0.253 e. The van der Waals surface area contributed by atoms with Crippen LogP contribution in [0.4, 0.5) is 5.69 Å². The van der Waals surface area contributed by atoms with Crippen LogP contribution in [-0.4, -0.2) is 29.8 Å². The van der Waals surface area contributed by atoms with Crippen molar-refractivity contribution in [1.29, 1.82) is 0 Å². The first-order valence-electron chi connectivity index (χ1n) is 7.86. The average Bonchev–Trinajstić information content (AvgIpc) is 3.03. The Kier molecular flexibility index (Phi) is 5.37. The van der Waals surface area contributed by atoms with Crippen LogP contribution >= 0.6 is 0 Å². The Balaban J connectivity index is 1.98. The van der Waals surface area contributed by atoms with E-state index in [1.54, 1.807) is 17.0 Å². The summed E-state index contributed by atoms with van der Waals surface area (Å²) in [5.41, 5.74) is 1.43. The number of hydrogen-bond donors (Lipinski definition) is 1. The van der Waals surface area contributed by atoms with E-state index < -0.39 is 0 Å². The fraction of sp³-hybridized carbons (Fsp3) is 0.529. The molecule has 0 bridgehead atoms. The van der Waals surface area contributed by atoms with Crippen LogP contribution in [0.2, 0.25) is 0 Å². The molecule has 0 aromatic heterocycles. The molecule has 4 heteroatoms. The average molecular weight is 288 g/mol. The first-order valence-corrected chi connectivity index (χ1v) is 7.86. The number of benzene rings is 1. The third kappa shape index (κ3) is 3.84. The van der Waals surface area contributed by atoms with Gasteiger partial charge in [-0.2, -0.15) is 0 Å². The van der Waals surface area contributed by atoms with Gasteiger partial charge in [0.25, 0.3) is 5.91 Å². The van der Waals surface area contributed by atoms with E-state index in [1.165, 1.54) is 0 Å². The summed E-state index contributed by atoms with van der Waals surface area (Å²) in [5, 5.41) is 2.94. The second-order valence-electron chi connectivity index (χ2n) is 5.53. The minimum Gasteiger partial charge on any atom is -0.339 e. The highest BCUT2D eigenvalue weighted by molar-refractivity contribution is 5.96. The molecule has 0 heterocycles. The molecule has 0 saturated heterocycles. The van der Waals surface area contributed by atoms with Crippen molar-refractivity contribution >= 4 is 17.5 Å². The molecule has 1 N–H and O–H groups in total. The molecule has 0 atom stereocenters. The fourth-order valence-electron chi connectivity index (χ4n) is 2.82. The van der Waals surface area contributed by atoms with Crippen LogP contribution in [0.25, 0.3) is 0 Å². The van der Waals surface area contributed by atoms with E-state index in [4.69, 9.17) is 0 Å². The quantitative estimate of drug-likeness (QED) is 0.903. The van der Waals surface area contributed by atoms with Crippen molar-refractivity contribution in [3.8, 4) is 0 Å². The third-order valence-corrected chi connectivity index (χ3v) is 4.18. The number of nitrogens with zero attached hydrogens (tertiary/aromatic N) is 1. The summed E-state index contributed by atoms with van der Waals surface area (Å²) in [6.45, 7) is 5.35. The maximum atomic E-state index is 12.2. The first kappa shape index (κ1) is 15.5. The molecule has 0 spiro atoms. The van der Waals surface area contributed by atoms with Crippen molar-refractivity contribution in [2.45, 2.75) is 39.5 Å². The molecular formula is C17H24N2O2. The predicted molar refractivity (Wildman–Crippen MR) is 84.3 cm³/mol. The lowest BCUT2D eigenvalue weighted by Crippen LogP contribution is -2.30. The summed E-state index contributed by atoms with van der Waals surface area (Å²) in [4.78, 5) is 26.0. The van der Waals surface area contributed by atoms with Gasteiger partial charge in [-0.1, -0.05) is 12.8 Å². The molecular weight excluding hydrogens is 264 g/mol. The number of nitrogens with one attached hydrogen (secondary N) is 1. The van der Waals surface area contributed by atoms with Crippen LogP contribution < -0.4 is 5.32 Å². The maximum absolute atomic E-state index is 12.2. The van der Waals surface area contributed by atoms with Crippen LogP contribution in [0.1, 0.15) is 49.9 Å². The molecule has 114 valence electrons. The number of hydrogen-bond acceptors (Lipinski definition) is 2. The van der Waals surface area contributed by atoms with Gasteiger partial charge in [0.1, 0.15) is 0 Å². The van der Waals surface area contributed by atoms with E-state index >= 15 is 0 Å². The predicted octanol–water partition coefficient (Wildman–Crippen LogP) is 3.30. The fourth-order valence-corrected chi connectivity index (χ4v) is 2.82. The SMILES string of the molecule is CCN(CC)C(=O)c1ccc(NC(=O)C2CCCC2)cc1. The van der Waals surface area contributed by atoms with Crippen molar-refractivity contribution < 1.29 is 9.59 Å². The number of amides is 2. The van der Waals surface area contributed by atoms with Crippen molar-refractivity contribution in [1.82, 2.24) is 4.90 Å². The monoisotopic (exact) mass is 288 g/mol. The van der Waals surface area contributed by atoms with Gasteiger partial charge >= 0.3 is 0 Å². The zero-order chi connectivity index (χ0) is 15.2. The third-order valence-electron chi connectivity index (χ3n) is 4.18. The lowest BCUT2D eigenvalue weighted by atomic mass is 10.1. The van der Waals surface area contributed by atoms with Crippen molar-refractivity contribution in [3.63, 3.8) is 0 Å². The topological polar surface area (TPSA) is 49.4 Å². The molecule has 1 aliphatic carbocycles.